The average molecular weight is 416 g/mol. The number of ether oxygens (including phenoxy) is 2. The number of thioether (sulfide) groups is 1. The standard InChI is InChI=1S/C20H20N2O6S/c1-10-16(19(25)26-4)11(2)21-17(10)18(24)12(3)27-15(23)9-29-20-22-13-7-5-6-8-14(13)28-20/h5-8,12,21H,9H2,1-4H3/t12-/m1/s1. The lowest BCUT2D eigenvalue weighted by molar-refractivity contribution is -0.143. The van der Waals surface area contributed by atoms with Crippen LogP contribution in [-0.2, 0) is 14.3 Å². The number of para-hydroxylation sites is 2. The second-order valence-electron chi connectivity index (χ2n) is 6.35. The fourth-order valence-corrected chi connectivity index (χ4v) is 3.55. The lowest BCUT2D eigenvalue weighted by Crippen LogP contribution is -2.26. The van der Waals surface area contributed by atoms with E-state index in [-0.39, 0.29) is 11.4 Å². The molecule has 1 aromatic carbocycles. The van der Waals surface area contributed by atoms with Gasteiger partial charge in [0.15, 0.2) is 11.7 Å². The molecule has 0 radical (unpaired) electrons. The summed E-state index contributed by atoms with van der Waals surface area (Å²) in [5.74, 6) is -1.59. The van der Waals surface area contributed by atoms with Gasteiger partial charge in [-0.15, -0.1) is 0 Å². The summed E-state index contributed by atoms with van der Waals surface area (Å²) in [6.45, 7) is 4.79. The van der Waals surface area contributed by atoms with Crippen molar-refractivity contribution < 1.29 is 28.3 Å². The molecule has 0 aliphatic rings. The van der Waals surface area contributed by atoms with Gasteiger partial charge >= 0.3 is 11.9 Å². The third-order valence-electron chi connectivity index (χ3n) is 4.34. The first-order chi connectivity index (χ1) is 13.8. The van der Waals surface area contributed by atoms with Crippen molar-refractivity contribution >= 4 is 40.6 Å². The smallest absolute Gasteiger partial charge is 0.339 e. The van der Waals surface area contributed by atoms with Crippen molar-refractivity contribution in [1.82, 2.24) is 9.97 Å². The number of hydrogen-bond acceptors (Lipinski definition) is 8. The number of ketones is 1. The van der Waals surface area contributed by atoms with Crippen molar-refractivity contribution in [2.45, 2.75) is 32.1 Å². The van der Waals surface area contributed by atoms with Gasteiger partial charge in [-0.05, 0) is 38.5 Å². The van der Waals surface area contributed by atoms with Crippen LogP contribution in [0.4, 0.5) is 0 Å². The van der Waals surface area contributed by atoms with Crippen LogP contribution in [0, 0.1) is 13.8 Å². The first-order valence-corrected chi connectivity index (χ1v) is 9.80. The molecule has 0 fully saturated rings. The van der Waals surface area contributed by atoms with E-state index in [0.717, 1.165) is 11.8 Å². The van der Waals surface area contributed by atoms with Crippen LogP contribution in [0.3, 0.4) is 0 Å². The number of carbonyl (C=O) groups is 3. The van der Waals surface area contributed by atoms with E-state index < -0.39 is 23.8 Å². The maximum absolute atomic E-state index is 12.7. The minimum Gasteiger partial charge on any atom is -0.465 e. The zero-order chi connectivity index (χ0) is 21.1. The SMILES string of the molecule is COC(=O)c1c(C)[nH]c(C(=O)[C@@H](C)OC(=O)CSc2nc3ccccc3o2)c1C. The summed E-state index contributed by atoms with van der Waals surface area (Å²) in [5, 5.41) is 0.348. The van der Waals surface area contributed by atoms with E-state index >= 15 is 0 Å². The molecule has 2 heterocycles. The van der Waals surface area contributed by atoms with E-state index in [2.05, 4.69) is 9.97 Å². The maximum Gasteiger partial charge on any atom is 0.339 e. The molecule has 0 aliphatic carbocycles. The number of aryl methyl sites for hydroxylation is 1. The van der Waals surface area contributed by atoms with Gasteiger partial charge in [0.25, 0.3) is 5.22 Å². The van der Waals surface area contributed by atoms with Crippen molar-refractivity contribution in [3.8, 4) is 0 Å². The fraction of sp³-hybridized carbons (Fsp3) is 0.300. The van der Waals surface area contributed by atoms with Gasteiger partial charge in [-0.3, -0.25) is 9.59 Å². The summed E-state index contributed by atoms with van der Waals surface area (Å²) >= 11 is 1.09. The number of carbonyl (C=O) groups excluding carboxylic acids is 3. The van der Waals surface area contributed by atoms with Gasteiger partial charge < -0.3 is 18.9 Å². The van der Waals surface area contributed by atoms with Crippen LogP contribution >= 0.6 is 11.8 Å². The highest BCUT2D eigenvalue weighted by Crippen LogP contribution is 2.24. The van der Waals surface area contributed by atoms with Gasteiger partial charge in [0, 0.05) is 5.69 Å². The van der Waals surface area contributed by atoms with Gasteiger partial charge in [0.1, 0.15) is 11.3 Å². The lowest BCUT2D eigenvalue weighted by atomic mass is 10.1. The number of aromatic amines is 1. The van der Waals surface area contributed by atoms with Crippen LogP contribution in [0.25, 0.3) is 11.1 Å². The predicted octanol–water partition coefficient (Wildman–Crippen LogP) is 3.47. The third-order valence-corrected chi connectivity index (χ3v) is 5.14. The monoisotopic (exact) mass is 416 g/mol. The van der Waals surface area contributed by atoms with E-state index in [4.69, 9.17) is 13.9 Å². The molecule has 0 bridgehead atoms. The van der Waals surface area contributed by atoms with E-state index in [0.29, 0.717) is 33.1 Å². The summed E-state index contributed by atoms with van der Waals surface area (Å²) < 4.78 is 15.5. The molecular formula is C20H20N2O6S. The van der Waals surface area contributed by atoms with Crippen LogP contribution in [0.15, 0.2) is 33.9 Å². The number of H-pyrrole nitrogens is 1. The Morgan fingerprint density at radius 3 is 2.66 bits per heavy atom. The topological polar surface area (TPSA) is 111 Å². The molecule has 29 heavy (non-hydrogen) atoms. The highest BCUT2D eigenvalue weighted by molar-refractivity contribution is 7.99. The zero-order valence-electron chi connectivity index (χ0n) is 16.4. The molecular weight excluding hydrogens is 396 g/mol. The number of nitrogens with zero attached hydrogens (tertiary/aromatic N) is 1. The van der Waals surface area contributed by atoms with Crippen LogP contribution < -0.4 is 0 Å². The Morgan fingerprint density at radius 1 is 1.24 bits per heavy atom. The van der Waals surface area contributed by atoms with Gasteiger partial charge in [-0.1, -0.05) is 23.9 Å². The van der Waals surface area contributed by atoms with Crippen molar-refractivity contribution in [3.63, 3.8) is 0 Å². The van der Waals surface area contributed by atoms with Gasteiger partial charge in [0.2, 0.25) is 5.78 Å². The minimum atomic E-state index is -1.02. The molecule has 0 spiro atoms. The molecule has 3 aromatic rings. The normalized spacial score (nSPS) is 12.0. The number of fused-ring (bicyclic) bond motifs is 1. The highest BCUT2D eigenvalue weighted by Gasteiger charge is 2.27. The molecule has 2 aromatic heterocycles. The second-order valence-corrected chi connectivity index (χ2v) is 7.28. The van der Waals surface area contributed by atoms with Crippen LogP contribution in [-0.4, -0.2) is 46.7 Å². The Labute approximate surface area is 171 Å². The first-order valence-electron chi connectivity index (χ1n) is 8.81. The number of hydrogen-bond donors (Lipinski definition) is 1. The van der Waals surface area contributed by atoms with Crippen molar-refractivity contribution in [2.24, 2.45) is 0 Å². The van der Waals surface area contributed by atoms with Gasteiger partial charge in [-0.25, -0.2) is 9.78 Å². The Bertz CT molecular complexity index is 1050. The average Bonchev–Trinajstić information content (AvgIpc) is 3.25. The molecule has 0 aliphatic heterocycles. The molecule has 0 amide bonds. The van der Waals surface area contributed by atoms with Gasteiger partial charge in [-0.2, -0.15) is 0 Å². The fourth-order valence-electron chi connectivity index (χ4n) is 2.93. The summed E-state index contributed by atoms with van der Waals surface area (Å²) in [6.07, 6.45) is -1.02. The molecule has 1 atom stereocenters. The Hall–Kier alpha value is -3.07. The number of benzene rings is 1. The number of aromatic nitrogens is 2. The number of nitrogens with one attached hydrogen (secondary N) is 1. The lowest BCUT2D eigenvalue weighted by Gasteiger charge is -2.11. The largest absolute Gasteiger partial charge is 0.465 e. The van der Waals surface area contributed by atoms with Crippen LogP contribution in [0.2, 0.25) is 0 Å². The van der Waals surface area contributed by atoms with Crippen molar-refractivity contribution in [2.75, 3.05) is 12.9 Å². The number of rotatable bonds is 7. The Morgan fingerprint density at radius 2 is 1.97 bits per heavy atom. The first kappa shape index (κ1) is 20.7. The van der Waals surface area contributed by atoms with E-state index in [1.165, 1.54) is 14.0 Å². The van der Waals surface area contributed by atoms with E-state index in [9.17, 15) is 14.4 Å². The molecule has 9 heteroatoms. The number of esters is 2. The molecule has 3 rings (SSSR count). The van der Waals surface area contributed by atoms with E-state index in [1.807, 2.05) is 18.2 Å². The summed E-state index contributed by atoms with van der Waals surface area (Å²) in [6, 6.07) is 7.27. The Balaban J connectivity index is 1.62. The van der Waals surface area contributed by atoms with Crippen LogP contribution in [0.1, 0.15) is 39.0 Å². The maximum atomic E-state index is 12.7. The Kier molecular flexibility index (Phi) is 6.07. The molecule has 1 N–H and O–H groups in total. The van der Waals surface area contributed by atoms with Crippen LogP contribution in [0.5, 0.6) is 0 Å². The summed E-state index contributed by atoms with van der Waals surface area (Å²) in [4.78, 5) is 43.8. The van der Waals surface area contributed by atoms with Crippen molar-refractivity contribution in [1.29, 1.82) is 0 Å². The second kappa shape index (κ2) is 8.52. The summed E-state index contributed by atoms with van der Waals surface area (Å²) in [7, 11) is 1.27. The minimum absolute atomic E-state index is 0.0550. The van der Waals surface area contributed by atoms with E-state index in [1.54, 1.807) is 19.9 Å². The highest BCUT2D eigenvalue weighted by atomic mass is 32.2. The quantitative estimate of drug-likeness (QED) is 0.354. The van der Waals surface area contributed by atoms with Crippen molar-refractivity contribution in [3.05, 3.63) is 46.8 Å². The number of methoxy groups -OCH3 is 1. The zero-order valence-corrected chi connectivity index (χ0v) is 17.2. The summed E-state index contributed by atoms with van der Waals surface area (Å²) in [5.41, 5.74) is 2.83. The molecule has 8 nitrogen and oxygen atoms in total. The molecule has 0 unspecified atom stereocenters. The molecule has 0 saturated carbocycles. The molecule has 152 valence electrons. The molecule has 0 saturated heterocycles. The number of oxazole rings is 1. The number of Topliss-reactive ketones (excluding diaryl/α,β-unsaturated/α-hetero) is 1. The predicted molar refractivity (Wildman–Crippen MR) is 106 cm³/mol. The third kappa shape index (κ3) is 4.34. The van der Waals surface area contributed by atoms with Gasteiger partial charge in [0.05, 0.1) is 18.4 Å².